The van der Waals surface area contributed by atoms with Gasteiger partial charge in [-0.3, -0.25) is 9.69 Å². The fourth-order valence-corrected chi connectivity index (χ4v) is 3.70. The molecule has 0 radical (unpaired) electrons. The molecule has 1 aromatic heterocycles. The lowest BCUT2D eigenvalue weighted by Gasteiger charge is -2.27. The van der Waals surface area contributed by atoms with Crippen molar-refractivity contribution in [3.63, 3.8) is 0 Å². The molecule has 26 heavy (non-hydrogen) atoms. The van der Waals surface area contributed by atoms with E-state index in [1.165, 1.54) is 37.9 Å². The average molecular weight is 354 g/mol. The molecule has 0 unspecified atom stereocenters. The van der Waals surface area contributed by atoms with Crippen molar-refractivity contribution in [3.8, 4) is 11.3 Å². The summed E-state index contributed by atoms with van der Waals surface area (Å²) < 4.78 is 11.4. The predicted molar refractivity (Wildman–Crippen MR) is 103 cm³/mol. The SMILES string of the molecule is O=c1cc(-c2ccc(CN3CCCCC3)cc2)oc(N2CCOCC2)c1. The van der Waals surface area contributed by atoms with Crippen molar-refractivity contribution in [3.05, 3.63) is 52.2 Å². The van der Waals surface area contributed by atoms with E-state index in [9.17, 15) is 4.79 Å². The number of ether oxygens (including phenoxy) is 1. The van der Waals surface area contributed by atoms with Gasteiger partial charge in [-0.1, -0.05) is 30.7 Å². The van der Waals surface area contributed by atoms with Crippen LogP contribution in [-0.4, -0.2) is 44.3 Å². The van der Waals surface area contributed by atoms with E-state index in [4.69, 9.17) is 9.15 Å². The fourth-order valence-electron chi connectivity index (χ4n) is 3.70. The summed E-state index contributed by atoms with van der Waals surface area (Å²) in [7, 11) is 0. The Kier molecular flexibility index (Phi) is 5.37. The Hall–Kier alpha value is -2.11. The second-order valence-electron chi connectivity index (χ2n) is 7.13. The van der Waals surface area contributed by atoms with E-state index in [2.05, 4.69) is 34.1 Å². The van der Waals surface area contributed by atoms with Crippen LogP contribution in [0.2, 0.25) is 0 Å². The Morgan fingerprint density at radius 2 is 1.62 bits per heavy atom. The molecule has 0 N–H and O–H groups in total. The highest BCUT2D eigenvalue weighted by Gasteiger charge is 2.15. The van der Waals surface area contributed by atoms with Crippen LogP contribution in [0.25, 0.3) is 11.3 Å². The number of piperidine rings is 1. The molecule has 0 bridgehead atoms. The Labute approximate surface area is 154 Å². The number of rotatable bonds is 4. The lowest BCUT2D eigenvalue weighted by atomic mass is 10.1. The van der Waals surface area contributed by atoms with Crippen molar-refractivity contribution in [2.75, 3.05) is 44.3 Å². The van der Waals surface area contributed by atoms with Gasteiger partial charge in [0, 0.05) is 37.3 Å². The molecule has 1 aromatic carbocycles. The van der Waals surface area contributed by atoms with Gasteiger partial charge in [0.05, 0.1) is 13.2 Å². The molecular weight excluding hydrogens is 328 g/mol. The zero-order chi connectivity index (χ0) is 17.8. The quantitative estimate of drug-likeness (QED) is 0.844. The van der Waals surface area contributed by atoms with Gasteiger partial charge in [-0.05, 0) is 31.5 Å². The number of likely N-dealkylation sites (tertiary alicyclic amines) is 1. The zero-order valence-electron chi connectivity index (χ0n) is 15.2. The first-order valence-corrected chi connectivity index (χ1v) is 9.57. The smallest absolute Gasteiger partial charge is 0.200 e. The molecule has 2 fully saturated rings. The van der Waals surface area contributed by atoms with Crippen LogP contribution < -0.4 is 10.3 Å². The Morgan fingerprint density at radius 1 is 0.885 bits per heavy atom. The van der Waals surface area contributed by atoms with Gasteiger partial charge < -0.3 is 14.1 Å². The first kappa shape index (κ1) is 17.3. The van der Waals surface area contributed by atoms with Crippen molar-refractivity contribution in [1.29, 1.82) is 0 Å². The third-order valence-corrected chi connectivity index (χ3v) is 5.17. The van der Waals surface area contributed by atoms with Gasteiger partial charge in [-0.15, -0.1) is 0 Å². The monoisotopic (exact) mass is 354 g/mol. The number of hydrogen-bond donors (Lipinski definition) is 0. The highest BCUT2D eigenvalue weighted by molar-refractivity contribution is 5.59. The van der Waals surface area contributed by atoms with Crippen molar-refractivity contribution in [2.45, 2.75) is 25.8 Å². The lowest BCUT2D eigenvalue weighted by molar-refractivity contribution is 0.120. The number of anilines is 1. The minimum Gasteiger partial charge on any atom is -0.440 e. The standard InChI is InChI=1S/C21H26N2O3/c24-19-14-20(26-21(15-19)23-10-12-25-13-11-23)18-6-4-17(5-7-18)16-22-8-2-1-3-9-22/h4-7,14-15H,1-3,8-13,16H2. The Balaban J connectivity index is 1.51. The van der Waals surface area contributed by atoms with E-state index in [-0.39, 0.29) is 5.43 Å². The van der Waals surface area contributed by atoms with Gasteiger partial charge in [0.2, 0.25) is 0 Å². The zero-order valence-corrected chi connectivity index (χ0v) is 15.2. The van der Waals surface area contributed by atoms with Gasteiger partial charge in [-0.25, -0.2) is 0 Å². The summed E-state index contributed by atoms with van der Waals surface area (Å²) in [6.45, 7) is 6.22. The largest absolute Gasteiger partial charge is 0.440 e. The Morgan fingerprint density at radius 3 is 2.35 bits per heavy atom. The van der Waals surface area contributed by atoms with E-state index in [0.29, 0.717) is 24.9 Å². The van der Waals surface area contributed by atoms with Crippen LogP contribution in [-0.2, 0) is 11.3 Å². The highest BCUT2D eigenvalue weighted by atomic mass is 16.5. The first-order valence-electron chi connectivity index (χ1n) is 9.57. The summed E-state index contributed by atoms with van der Waals surface area (Å²) in [6, 6.07) is 11.5. The van der Waals surface area contributed by atoms with E-state index in [1.807, 2.05) is 0 Å². The van der Waals surface area contributed by atoms with Gasteiger partial charge in [-0.2, -0.15) is 0 Å². The highest BCUT2D eigenvalue weighted by Crippen LogP contribution is 2.24. The summed E-state index contributed by atoms with van der Waals surface area (Å²) in [4.78, 5) is 16.7. The molecule has 4 rings (SSSR count). The molecule has 2 saturated heterocycles. The van der Waals surface area contributed by atoms with E-state index in [1.54, 1.807) is 12.1 Å². The number of morpholine rings is 1. The maximum Gasteiger partial charge on any atom is 0.200 e. The third-order valence-electron chi connectivity index (χ3n) is 5.17. The van der Waals surface area contributed by atoms with Crippen LogP contribution in [0.4, 0.5) is 5.88 Å². The lowest BCUT2D eigenvalue weighted by Crippen LogP contribution is -2.36. The molecule has 0 aliphatic carbocycles. The minimum absolute atomic E-state index is 0.0230. The van der Waals surface area contributed by atoms with Crippen LogP contribution in [0.1, 0.15) is 24.8 Å². The molecule has 0 spiro atoms. The molecule has 2 aliphatic heterocycles. The predicted octanol–water partition coefficient (Wildman–Crippen LogP) is 3.13. The van der Waals surface area contributed by atoms with Gasteiger partial charge in [0.15, 0.2) is 11.3 Å². The van der Waals surface area contributed by atoms with E-state index >= 15 is 0 Å². The molecule has 0 saturated carbocycles. The minimum atomic E-state index is -0.0230. The number of hydrogen-bond acceptors (Lipinski definition) is 5. The molecule has 0 amide bonds. The van der Waals surface area contributed by atoms with Crippen molar-refractivity contribution < 1.29 is 9.15 Å². The van der Waals surface area contributed by atoms with Crippen molar-refractivity contribution >= 4 is 5.88 Å². The van der Waals surface area contributed by atoms with Crippen LogP contribution >= 0.6 is 0 Å². The normalized spacial score (nSPS) is 18.8. The summed E-state index contributed by atoms with van der Waals surface area (Å²) in [5.41, 5.74) is 2.23. The maximum absolute atomic E-state index is 12.1. The molecule has 0 atom stereocenters. The van der Waals surface area contributed by atoms with Crippen LogP contribution in [0, 0.1) is 0 Å². The topological polar surface area (TPSA) is 45.9 Å². The maximum atomic E-state index is 12.1. The van der Waals surface area contributed by atoms with Crippen LogP contribution in [0.15, 0.2) is 45.6 Å². The molecule has 2 aliphatic rings. The molecule has 3 heterocycles. The number of nitrogens with zero attached hydrogens (tertiary/aromatic N) is 2. The van der Waals surface area contributed by atoms with Gasteiger partial charge >= 0.3 is 0 Å². The van der Waals surface area contributed by atoms with Crippen LogP contribution in [0.5, 0.6) is 0 Å². The van der Waals surface area contributed by atoms with Crippen LogP contribution in [0.3, 0.4) is 0 Å². The first-order chi connectivity index (χ1) is 12.8. The molecule has 2 aromatic rings. The summed E-state index contributed by atoms with van der Waals surface area (Å²) >= 11 is 0. The van der Waals surface area contributed by atoms with E-state index < -0.39 is 0 Å². The fraction of sp³-hybridized carbons (Fsp3) is 0.476. The average Bonchev–Trinajstić information content (AvgIpc) is 2.70. The molecule has 5 nitrogen and oxygen atoms in total. The summed E-state index contributed by atoms with van der Waals surface area (Å²) in [5, 5.41) is 0. The summed E-state index contributed by atoms with van der Waals surface area (Å²) in [6.07, 6.45) is 3.96. The second-order valence-corrected chi connectivity index (χ2v) is 7.13. The van der Waals surface area contributed by atoms with Crippen molar-refractivity contribution in [2.24, 2.45) is 0 Å². The summed E-state index contributed by atoms with van der Waals surface area (Å²) in [5.74, 6) is 1.26. The third kappa shape index (κ3) is 4.17. The second kappa shape index (κ2) is 8.06. The Bertz CT molecular complexity index is 773. The number of benzene rings is 1. The molecular formula is C21H26N2O3. The van der Waals surface area contributed by atoms with Gasteiger partial charge in [0.25, 0.3) is 0 Å². The van der Waals surface area contributed by atoms with E-state index in [0.717, 1.165) is 25.2 Å². The van der Waals surface area contributed by atoms with Crippen molar-refractivity contribution in [1.82, 2.24) is 4.90 Å². The van der Waals surface area contributed by atoms with Gasteiger partial charge in [0.1, 0.15) is 5.76 Å². The molecule has 138 valence electrons. The molecule has 5 heteroatoms.